The van der Waals surface area contributed by atoms with E-state index < -0.39 is 11.9 Å². The van der Waals surface area contributed by atoms with Crippen molar-refractivity contribution in [2.24, 2.45) is 5.92 Å². The molecule has 0 aliphatic carbocycles. The van der Waals surface area contributed by atoms with Crippen molar-refractivity contribution in [1.82, 2.24) is 10.2 Å². The lowest BCUT2D eigenvalue weighted by Gasteiger charge is -2.33. The van der Waals surface area contributed by atoms with Crippen LogP contribution in [0.5, 0.6) is 11.5 Å². The molecule has 1 aromatic carbocycles. The van der Waals surface area contributed by atoms with Crippen molar-refractivity contribution < 1.29 is 28.3 Å². The molecule has 3 amide bonds. The molecule has 1 atom stereocenters. The quantitative estimate of drug-likeness (QED) is 0.776. The molecular formula is C21H23N3O6. The van der Waals surface area contributed by atoms with E-state index in [1.807, 2.05) is 0 Å². The van der Waals surface area contributed by atoms with Gasteiger partial charge in [0.1, 0.15) is 6.04 Å². The van der Waals surface area contributed by atoms with Crippen molar-refractivity contribution in [2.45, 2.75) is 25.8 Å². The van der Waals surface area contributed by atoms with Gasteiger partial charge in [-0.2, -0.15) is 0 Å². The summed E-state index contributed by atoms with van der Waals surface area (Å²) in [5.74, 6) is 0.552. The van der Waals surface area contributed by atoms with E-state index in [1.165, 1.54) is 12.3 Å². The second-order valence-corrected chi connectivity index (χ2v) is 7.33. The van der Waals surface area contributed by atoms with Crippen LogP contribution in [-0.4, -0.2) is 48.5 Å². The topological polar surface area (TPSA) is 110 Å². The number of benzene rings is 1. The summed E-state index contributed by atoms with van der Waals surface area (Å²) < 4.78 is 15.6. The molecule has 30 heavy (non-hydrogen) atoms. The van der Waals surface area contributed by atoms with E-state index in [0.717, 1.165) is 0 Å². The van der Waals surface area contributed by atoms with Crippen LogP contribution in [-0.2, 0) is 9.59 Å². The maximum Gasteiger partial charge on any atom is 0.287 e. The average Bonchev–Trinajstić information content (AvgIpc) is 3.45. The molecule has 0 saturated carbocycles. The number of hydrogen-bond acceptors (Lipinski definition) is 6. The highest BCUT2D eigenvalue weighted by Gasteiger charge is 2.30. The van der Waals surface area contributed by atoms with Crippen LogP contribution >= 0.6 is 0 Å². The fourth-order valence-corrected chi connectivity index (χ4v) is 3.59. The van der Waals surface area contributed by atoms with Gasteiger partial charge in [-0.05, 0) is 44.0 Å². The number of piperidine rings is 1. The predicted octanol–water partition coefficient (Wildman–Crippen LogP) is 2.00. The standard InChI is InChI=1S/C21H23N3O6/c1-13(22-20(26)17-3-2-10-28-17)21(27)24-8-6-14(7-9-24)19(25)23-15-4-5-16-18(11-15)30-12-29-16/h2-5,10-11,13-14H,6-9,12H2,1H3,(H,22,26)(H,23,25)/t13-/m1/s1. The van der Waals surface area contributed by atoms with Gasteiger partial charge in [-0.25, -0.2) is 0 Å². The minimum atomic E-state index is -0.679. The fourth-order valence-electron chi connectivity index (χ4n) is 3.59. The van der Waals surface area contributed by atoms with Crippen LogP contribution in [0, 0.1) is 5.92 Å². The summed E-state index contributed by atoms with van der Waals surface area (Å²) in [6.07, 6.45) is 2.52. The molecular weight excluding hydrogens is 390 g/mol. The number of anilines is 1. The van der Waals surface area contributed by atoms with Gasteiger partial charge in [-0.1, -0.05) is 0 Å². The lowest BCUT2D eigenvalue weighted by Crippen LogP contribution is -2.50. The Labute approximate surface area is 173 Å². The first-order valence-corrected chi connectivity index (χ1v) is 9.85. The van der Waals surface area contributed by atoms with Crippen molar-refractivity contribution in [3.63, 3.8) is 0 Å². The van der Waals surface area contributed by atoms with Gasteiger partial charge < -0.3 is 29.4 Å². The van der Waals surface area contributed by atoms with Crippen molar-refractivity contribution in [3.8, 4) is 11.5 Å². The third kappa shape index (κ3) is 4.24. The molecule has 9 heteroatoms. The number of nitrogens with zero attached hydrogens (tertiary/aromatic N) is 1. The van der Waals surface area contributed by atoms with Crippen molar-refractivity contribution in [1.29, 1.82) is 0 Å². The molecule has 1 saturated heterocycles. The Morgan fingerprint density at radius 1 is 1.10 bits per heavy atom. The number of carbonyl (C=O) groups is 3. The van der Waals surface area contributed by atoms with E-state index in [4.69, 9.17) is 13.9 Å². The molecule has 9 nitrogen and oxygen atoms in total. The summed E-state index contributed by atoms with van der Waals surface area (Å²) in [5, 5.41) is 5.55. The van der Waals surface area contributed by atoms with Crippen LogP contribution in [0.2, 0.25) is 0 Å². The van der Waals surface area contributed by atoms with E-state index >= 15 is 0 Å². The first kappa shape index (κ1) is 19.8. The summed E-state index contributed by atoms with van der Waals surface area (Å²) >= 11 is 0. The molecule has 2 aliphatic heterocycles. The third-order valence-electron chi connectivity index (χ3n) is 5.28. The van der Waals surface area contributed by atoms with E-state index in [0.29, 0.717) is 43.1 Å². The Morgan fingerprint density at radius 2 is 1.87 bits per heavy atom. The number of amides is 3. The molecule has 1 fully saturated rings. The monoisotopic (exact) mass is 413 g/mol. The molecule has 0 bridgehead atoms. The van der Waals surface area contributed by atoms with E-state index in [9.17, 15) is 14.4 Å². The average molecular weight is 413 g/mol. The highest BCUT2D eigenvalue weighted by molar-refractivity contribution is 5.95. The Balaban J connectivity index is 1.26. The number of hydrogen-bond donors (Lipinski definition) is 2. The van der Waals surface area contributed by atoms with Gasteiger partial charge in [0.15, 0.2) is 17.3 Å². The summed E-state index contributed by atoms with van der Waals surface area (Å²) in [5.41, 5.74) is 0.650. The Morgan fingerprint density at radius 3 is 2.60 bits per heavy atom. The molecule has 1 aromatic heterocycles. The molecule has 158 valence electrons. The van der Waals surface area contributed by atoms with Crippen LogP contribution < -0.4 is 20.1 Å². The van der Waals surface area contributed by atoms with Gasteiger partial charge in [-0.15, -0.1) is 0 Å². The summed E-state index contributed by atoms with van der Waals surface area (Å²) in [4.78, 5) is 39.0. The zero-order valence-corrected chi connectivity index (χ0v) is 16.6. The first-order valence-electron chi connectivity index (χ1n) is 9.85. The summed E-state index contributed by atoms with van der Waals surface area (Å²) in [6, 6.07) is 7.74. The molecule has 2 N–H and O–H groups in total. The number of rotatable bonds is 5. The van der Waals surface area contributed by atoms with E-state index in [2.05, 4.69) is 10.6 Å². The minimum absolute atomic E-state index is 0.0832. The molecule has 0 spiro atoms. The van der Waals surface area contributed by atoms with Crippen LogP contribution in [0.3, 0.4) is 0 Å². The predicted molar refractivity (Wildman–Crippen MR) is 106 cm³/mol. The van der Waals surface area contributed by atoms with Gasteiger partial charge in [0.25, 0.3) is 5.91 Å². The maximum atomic E-state index is 12.6. The van der Waals surface area contributed by atoms with Gasteiger partial charge >= 0.3 is 0 Å². The number of carbonyl (C=O) groups excluding carboxylic acids is 3. The summed E-state index contributed by atoms with van der Waals surface area (Å²) in [6.45, 7) is 2.74. The van der Waals surface area contributed by atoms with Crippen molar-refractivity contribution in [2.75, 3.05) is 25.2 Å². The maximum absolute atomic E-state index is 12.6. The minimum Gasteiger partial charge on any atom is -0.459 e. The summed E-state index contributed by atoms with van der Waals surface area (Å²) in [7, 11) is 0. The lowest BCUT2D eigenvalue weighted by atomic mass is 9.95. The second kappa shape index (κ2) is 8.48. The van der Waals surface area contributed by atoms with Gasteiger partial charge in [0, 0.05) is 30.8 Å². The molecule has 3 heterocycles. The largest absolute Gasteiger partial charge is 0.459 e. The number of fused-ring (bicyclic) bond motifs is 1. The van der Waals surface area contributed by atoms with Gasteiger partial charge in [-0.3, -0.25) is 14.4 Å². The normalized spacial score (nSPS) is 16.8. The highest BCUT2D eigenvalue weighted by Crippen LogP contribution is 2.34. The van der Waals surface area contributed by atoms with Crippen molar-refractivity contribution in [3.05, 3.63) is 42.4 Å². The molecule has 0 unspecified atom stereocenters. The smallest absolute Gasteiger partial charge is 0.287 e. The van der Waals surface area contributed by atoms with Crippen LogP contribution in [0.1, 0.15) is 30.3 Å². The van der Waals surface area contributed by atoms with Crippen LogP contribution in [0.15, 0.2) is 41.0 Å². The van der Waals surface area contributed by atoms with Crippen molar-refractivity contribution >= 4 is 23.4 Å². The molecule has 2 aromatic rings. The molecule has 2 aliphatic rings. The Bertz CT molecular complexity index is 934. The Kier molecular flexibility index (Phi) is 5.60. The van der Waals surface area contributed by atoms with Gasteiger partial charge in [0.2, 0.25) is 18.6 Å². The van der Waals surface area contributed by atoms with Crippen LogP contribution in [0.4, 0.5) is 5.69 Å². The van der Waals surface area contributed by atoms with Gasteiger partial charge in [0.05, 0.1) is 6.26 Å². The first-order chi connectivity index (χ1) is 14.5. The molecule has 0 radical (unpaired) electrons. The molecule has 4 rings (SSSR count). The third-order valence-corrected chi connectivity index (χ3v) is 5.28. The fraction of sp³-hybridized carbons (Fsp3) is 0.381. The van der Waals surface area contributed by atoms with Crippen LogP contribution in [0.25, 0.3) is 0 Å². The number of ether oxygens (including phenoxy) is 2. The number of likely N-dealkylation sites (tertiary alicyclic amines) is 1. The number of nitrogens with one attached hydrogen (secondary N) is 2. The Hall–Kier alpha value is -3.49. The lowest BCUT2D eigenvalue weighted by molar-refractivity contribution is -0.135. The zero-order valence-electron chi connectivity index (χ0n) is 16.6. The number of furan rings is 1. The van der Waals surface area contributed by atoms with E-state index in [1.54, 1.807) is 36.1 Å². The second-order valence-electron chi connectivity index (χ2n) is 7.33. The SMILES string of the molecule is C[C@@H](NC(=O)c1ccco1)C(=O)N1CCC(C(=O)Nc2ccc3c(c2)OCO3)CC1. The zero-order chi connectivity index (χ0) is 21.1. The van der Waals surface area contributed by atoms with E-state index in [-0.39, 0.29) is 30.3 Å². The highest BCUT2D eigenvalue weighted by atomic mass is 16.7.